The number of aryl methyl sites for hydroxylation is 1. The summed E-state index contributed by atoms with van der Waals surface area (Å²) in [5.41, 5.74) is -0.112. The third-order valence-electron chi connectivity index (χ3n) is 2.13. The average Bonchev–Trinajstić information content (AvgIpc) is 2.19. The van der Waals surface area contributed by atoms with E-state index in [4.69, 9.17) is 0 Å². The lowest BCUT2D eigenvalue weighted by atomic mass is 10.1. The summed E-state index contributed by atoms with van der Waals surface area (Å²) in [7, 11) is 0. The molecule has 0 radical (unpaired) electrons. The first-order chi connectivity index (χ1) is 7.45. The summed E-state index contributed by atoms with van der Waals surface area (Å²) in [6.45, 7) is 3.52. The average molecular weight is 229 g/mol. The number of rotatable bonds is 3. The van der Waals surface area contributed by atoms with E-state index in [-0.39, 0.29) is 5.56 Å². The van der Waals surface area contributed by atoms with E-state index in [1.54, 1.807) is 13.0 Å². The van der Waals surface area contributed by atoms with Gasteiger partial charge in [-0.1, -0.05) is 25.5 Å². The minimum atomic E-state index is -4.32. The van der Waals surface area contributed by atoms with Crippen LogP contribution in [0, 0.1) is 6.92 Å². The van der Waals surface area contributed by atoms with Gasteiger partial charge in [-0.3, -0.25) is 4.98 Å². The highest BCUT2D eigenvalue weighted by molar-refractivity contribution is 5.53. The van der Waals surface area contributed by atoms with Crippen molar-refractivity contribution in [1.82, 2.24) is 4.98 Å². The molecule has 1 aromatic rings. The molecular formula is C12H14F3N. The molecule has 4 heteroatoms. The molecule has 0 spiro atoms. The number of unbranched alkanes of at least 4 members (excludes halogenated alkanes) is 1. The second-order valence-electron chi connectivity index (χ2n) is 3.60. The molecule has 0 saturated carbocycles. The molecule has 16 heavy (non-hydrogen) atoms. The molecule has 0 aliphatic heterocycles. The minimum absolute atomic E-state index is 0.131. The van der Waals surface area contributed by atoms with E-state index in [9.17, 15) is 13.2 Å². The summed E-state index contributed by atoms with van der Waals surface area (Å²) in [4.78, 5) is 3.88. The van der Waals surface area contributed by atoms with Gasteiger partial charge in [0.15, 0.2) is 0 Å². The lowest BCUT2D eigenvalue weighted by Gasteiger charge is -2.10. The van der Waals surface area contributed by atoms with Crippen molar-refractivity contribution in [3.05, 3.63) is 35.2 Å². The van der Waals surface area contributed by atoms with Crippen molar-refractivity contribution in [2.75, 3.05) is 0 Å². The Balaban J connectivity index is 3.08. The number of halogens is 3. The number of hydrogen-bond acceptors (Lipinski definition) is 1. The largest absolute Gasteiger partial charge is 0.417 e. The van der Waals surface area contributed by atoms with Crippen molar-refractivity contribution in [1.29, 1.82) is 0 Å². The molecule has 0 N–H and O–H groups in total. The zero-order valence-corrected chi connectivity index (χ0v) is 9.30. The van der Waals surface area contributed by atoms with E-state index in [0.717, 1.165) is 18.9 Å². The van der Waals surface area contributed by atoms with Crippen LogP contribution < -0.4 is 0 Å². The zero-order chi connectivity index (χ0) is 12.2. The van der Waals surface area contributed by atoms with Gasteiger partial charge < -0.3 is 0 Å². The van der Waals surface area contributed by atoms with Crippen molar-refractivity contribution in [3.8, 4) is 0 Å². The number of alkyl halides is 3. The van der Waals surface area contributed by atoms with Crippen LogP contribution in [0.1, 0.15) is 36.6 Å². The molecule has 1 heterocycles. The van der Waals surface area contributed by atoms with Gasteiger partial charge in [-0.2, -0.15) is 13.2 Å². The molecule has 0 fully saturated rings. The SMILES string of the molecule is CCC/C=C/c1cnc(C)cc1C(F)(F)F. The van der Waals surface area contributed by atoms with Crippen LogP contribution in [0.25, 0.3) is 6.08 Å². The van der Waals surface area contributed by atoms with Crippen LogP contribution >= 0.6 is 0 Å². The summed E-state index contributed by atoms with van der Waals surface area (Å²) in [6.07, 6.45) is 1.85. The highest BCUT2D eigenvalue weighted by Crippen LogP contribution is 2.32. The van der Waals surface area contributed by atoms with Crippen LogP contribution in [0.5, 0.6) is 0 Å². The first kappa shape index (κ1) is 12.7. The fraction of sp³-hybridized carbons (Fsp3) is 0.417. The predicted molar refractivity (Wildman–Crippen MR) is 57.9 cm³/mol. The summed E-state index contributed by atoms with van der Waals surface area (Å²) in [5.74, 6) is 0. The second-order valence-corrected chi connectivity index (χ2v) is 3.60. The molecule has 88 valence electrons. The van der Waals surface area contributed by atoms with Crippen molar-refractivity contribution in [3.63, 3.8) is 0 Å². The van der Waals surface area contributed by atoms with Crippen LogP contribution in [-0.4, -0.2) is 4.98 Å². The molecular weight excluding hydrogens is 215 g/mol. The summed E-state index contributed by atoms with van der Waals surface area (Å²) >= 11 is 0. The number of aromatic nitrogens is 1. The van der Waals surface area contributed by atoms with E-state index in [0.29, 0.717) is 5.69 Å². The standard InChI is InChI=1S/C12H14F3N/c1-3-4-5-6-10-8-16-9(2)7-11(10)12(13,14)15/h5-8H,3-4H2,1-2H3/b6-5+. The highest BCUT2D eigenvalue weighted by Gasteiger charge is 2.32. The maximum Gasteiger partial charge on any atom is 0.417 e. The minimum Gasteiger partial charge on any atom is -0.261 e. The van der Waals surface area contributed by atoms with E-state index in [2.05, 4.69) is 4.98 Å². The Morgan fingerprint density at radius 3 is 2.62 bits per heavy atom. The first-order valence-corrected chi connectivity index (χ1v) is 5.15. The Morgan fingerprint density at radius 1 is 1.38 bits per heavy atom. The molecule has 0 aromatic carbocycles. The van der Waals surface area contributed by atoms with Gasteiger partial charge >= 0.3 is 6.18 Å². The van der Waals surface area contributed by atoms with Gasteiger partial charge in [0.25, 0.3) is 0 Å². The van der Waals surface area contributed by atoms with E-state index in [1.165, 1.54) is 12.3 Å². The van der Waals surface area contributed by atoms with Crippen molar-refractivity contribution >= 4 is 6.08 Å². The van der Waals surface area contributed by atoms with E-state index in [1.807, 2.05) is 6.92 Å². The predicted octanol–water partition coefficient (Wildman–Crippen LogP) is 4.22. The fourth-order valence-corrected chi connectivity index (χ4v) is 1.33. The van der Waals surface area contributed by atoms with E-state index < -0.39 is 11.7 Å². The third kappa shape index (κ3) is 3.36. The van der Waals surface area contributed by atoms with Crippen molar-refractivity contribution in [2.45, 2.75) is 32.9 Å². The maximum absolute atomic E-state index is 12.7. The molecule has 0 aliphatic carbocycles. The molecule has 1 rings (SSSR count). The second kappa shape index (κ2) is 5.14. The molecule has 0 unspecified atom stereocenters. The smallest absolute Gasteiger partial charge is 0.261 e. The molecule has 0 atom stereocenters. The lowest BCUT2D eigenvalue weighted by Crippen LogP contribution is -2.08. The Bertz CT molecular complexity index is 380. The lowest BCUT2D eigenvalue weighted by molar-refractivity contribution is -0.137. The van der Waals surface area contributed by atoms with Gasteiger partial charge in [0.1, 0.15) is 0 Å². The van der Waals surface area contributed by atoms with Crippen molar-refractivity contribution in [2.24, 2.45) is 0 Å². The summed E-state index contributed by atoms with van der Waals surface area (Å²) in [5, 5.41) is 0. The van der Waals surface area contributed by atoms with Gasteiger partial charge in [0, 0.05) is 17.5 Å². The third-order valence-corrected chi connectivity index (χ3v) is 2.13. The number of pyridine rings is 1. The van der Waals surface area contributed by atoms with Gasteiger partial charge in [0.2, 0.25) is 0 Å². The molecule has 0 bridgehead atoms. The topological polar surface area (TPSA) is 12.9 Å². The van der Waals surface area contributed by atoms with Gasteiger partial charge in [0.05, 0.1) is 5.56 Å². The Kier molecular flexibility index (Phi) is 4.10. The van der Waals surface area contributed by atoms with Crippen LogP contribution in [0.2, 0.25) is 0 Å². The number of allylic oxidation sites excluding steroid dienone is 1. The van der Waals surface area contributed by atoms with Gasteiger partial charge in [-0.05, 0) is 19.4 Å². The number of nitrogens with zero attached hydrogens (tertiary/aromatic N) is 1. The molecule has 0 aliphatic rings. The fourth-order valence-electron chi connectivity index (χ4n) is 1.33. The van der Waals surface area contributed by atoms with Crippen LogP contribution in [-0.2, 0) is 6.18 Å². The van der Waals surface area contributed by atoms with Gasteiger partial charge in [-0.25, -0.2) is 0 Å². The normalized spacial score (nSPS) is 12.3. The monoisotopic (exact) mass is 229 g/mol. The Hall–Kier alpha value is -1.32. The van der Waals surface area contributed by atoms with Crippen LogP contribution in [0.4, 0.5) is 13.2 Å². The molecule has 0 saturated heterocycles. The van der Waals surface area contributed by atoms with Crippen molar-refractivity contribution < 1.29 is 13.2 Å². The maximum atomic E-state index is 12.7. The van der Waals surface area contributed by atoms with E-state index >= 15 is 0 Å². The number of hydrogen-bond donors (Lipinski definition) is 0. The molecule has 1 aromatic heterocycles. The summed E-state index contributed by atoms with van der Waals surface area (Å²) < 4.78 is 38.0. The van der Waals surface area contributed by atoms with Gasteiger partial charge in [-0.15, -0.1) is 0 Å². The first-order valence-electron chi connectivity index (χ1n) is 5.15. The zero-order valence-electron chi connectivity index (χ0n) is 9.30. The van der Waals surface area contributed by atoms with Crippen LogP contribution in [0.3, 0.4) is 0 Å². The Labute approximate surface area is 93.0 Å². The highest BCUT2D eigenvalue weighted by atomic mass is 19.4. The molecule has 0 amide bonds. The molecule has 1 nitrogen and oxygen atoms in total. The quantitative estimate of drug-likeness (QED) is 0.756. The summed E-state index contributed by atoms with van der Waals surface area (Å²) in [6, 6.07) is 1.08. The Morgan fingerprint density at radius 2 is 2.06 bits per heavy atom. The van der Waals surface area contributed by atoms with Crippen LogP contribution in [0.15, 0.2) is 18.3 Å².